The first kappa shape index (κ1) is 14.9. The minimum absolute atomic E-state index is 0.525. The third kappa shape index (κ3) is 3.41. The van der Waals surface area contributed by atoms with Crippen LogP contribution in [-0.2, 0) is 33.6 Å². The largest absolute Gasteiger partial charge is 0.457 e. The maximum Gasteiger partial charge on any atom is 0.303 e. The van der Waals surface area contributed by atoms with Crippen LogP contribution in [0.15, 0.2) is 0 Å². The number of carbonyl (C=O) groups is 2. The molecule has 0 amide bonds. The summed E-state index contributed by atoms with van der Waals surface area (Å²) in [7, 11) is 1.35. The van der Waals surface area contributed by atoms with Crippen LogP contribution in [0.4, 0.5) is 0 Å². The van der Waals surface area contributed by atoms with Crippen molar-refractivity contribution in [2.24, 2.45) is 0 Å². The number of ether oxygens (including phenoxy) is 4. The van der Waals surface area contributed by atoms with Gasteiger partial charge >= 0.3 is 11.9 Å². The summed E-state index contributed by atoms with van der Waals surface area (Å²) in [6.07, 6.45) is -4.98. The fourth-order valence-electron chi connectivity index (χ4n) is 1.91. The summed E-state index contributed by atoms with van der Waals surface area (Å²) in [5, 5.41) is 11.7. The molecule has 1 rings (SSSR count). The van der Waals surface area contributed by atoms with Gasteiger partial charge < -0.3 is 18.9 Å². The molecule has 1 aliphatic rings. The predicted octanol–water partition coefficient (Wildman–Crippen LogP) is 0.0401. The van der Waals surface area contributed by atoms with Crippen molar-refractivity contribution in [1.82, 2.24) is 0 Å². The lowest BCUT2D eigenvalue weighted by Gasteiger charge is -2.40. The molecule has 0 aromatic heterocycles. The van der Waals surface area contributed by atoms with Crippen molar-refractivity contribution in [3.63, 3.8) is 0 Å². The monoisotopic (exact) mass is 261 g/mol. The van der Waals surface area contributed by atoms with Crippen LogP contribution >= 0.6 is 0 Å². The van der Waals surface area contributed by atoms with E-state index in [2.05, 4.69) is 0 Å². The van der Waals surface area contributed by atoms with E-state index in [9.17, 15) is 14.7 Å². The summed E-state index contributed by atoms with van der Waals surface area (Å²) in [6, 6.07) is 0. The smallest absolute Gasteiger partial charge is 0.303 e. The maximum absolute atomic E-state index is 11.7. The lowest BCUT2D eigenvalue weighted by atomic mass is 9.99. The van der Waals surface area contributed by atoms with Crippen molar-refractivity contribution in [2.75, 3.05) is 7.11 Å². The normalized spacial score (nSPS) is 35.9. The highest BCUT2D eigenvalue weighted by molar-refractivity contribution is 5.67. The number of carbonyl (C=O) groups excluding carboxylic acids is 2. The van der Waals surface area contributed by atoms with Gasteiger partial charge in [-0.05, 0) is 6.92 Å². The van der Waals surface area contributed by atoms with Crippen LogP contribution in [0, 0.1) is 0 Å². The Morgan fingerprint density at radius 1 is 1.00 bits per heavy atom. The van der Waals surface area contributed by atoms with E-state index < -0.39 is 42.6 Å². The molecule has 5 atom stereocenters. The molecule has 7 heteroatoms. The molecule has 0 aromatic carbocycles. The van der Waals surface area contributed by atoms with E-state index in [1.165, 1.54) is 21.0 Å². The Kier molecular flexibility index (Phi) is 5.06. The van der Waals surface area contributed by atoms with Gasteiger partial charge in [-0.3, -0.25) is 9.59 Å². The van der Waals surface area contributed by atoms with Crippen molar-refractivity contribution < 1.29 is 33.6 Å². The summed E-state index contributed by atoms with van der Waals surface area (Å²) < 4.78 is 20.1. The minimum Gasteiger partial charge on any atom is -0.457 e. The first-order chi connectivity index (χ1) is 8.36. The highest BCUT2D eigenvalue weighted by Gasteiger charge is 2.48. The fourth-order valence-corrected chi connectivity index (χ4v) is 1.91. The van der Waals surface area contributed by atoms with Gasteiger partial charge in [0.25, 0.3) is 0 Å². The second-order valence-corrected chi connectivity index (χ2v) is 4.06. The van der Waals surface area contributed by atoms with Gasteiger partial charge in [0.1, 0.15) is 6.10 Å². The Hall–Kier alpha value is -1.18. The van der Waals surface area contributed by atoms with Crippen molar-refractivity contribution in [2.45, 2.75) is 51.5 Å². The van der Waals surface area contributed by atoms with Gasteiger partial charge in [-0.1, -0.05) is 0 Å². The van der Waals surface area contributed by atoms with E-state index in [1.54, 1.807) is 6.92 Å². The van der Waals surface area contributed by atoms with Gasteiger partial charge in [0, 0.05) is 21.0 Å². The molecule has 0 bridgehead atoms. The van der Waals surface area contributed by atoms with Crippen molar-refractivity contribution in [3.8, 4) is 0 Å². The number of methoxy groups -OCH3 is 1. The molecule has 0 spiro atoms. The molecular formula is C11H17O7. The summed E-state index contributed by atoms with van der Waals surface area (Å²) in [5.41, 5.74) is 0. The topological polar surface area (TPSA) is 91.0 Å². The predicted molar refractivity (Wildman–Crippen MR) is 56.9 cm³/mol. The highest BCUT2D eigenvalue weighted by Crippen LogP contribution is 2.26. The van der Waals surface area contributed by atoms with Gasteiger partial charge in [0.15, 0.2) is 12.2 Å². The maximum atomic E-state index is 11.7. The second kappa shape index (κ2) is 6.12. The van der Waals surface area contributed by atoms with Crippen LogP contribution in [-0.4, -0.2) is 49.8 Å². The Balaban J connectivity index is 2.88. The molecule has 7 nitrogen and oxygen atoms in total. The van der Waals surface area contributed by atoms with E-state index in [1.807, 2.05) is 0 Å². The van der Waals surface area contributed by atoms with Crippen LogP contribution in [0.3, 0.4) is 0 Å². The lowest BCUT2D eigenvalue weighted by molar-refractivity contribution is -0.304. The third-order valence-corrected chi connectivity index (χ3v) is 2.60. The fraction of sp³-hybridized carbons (Fsp3) is 0.818. The average molecular weight is 261 g/mol. The van der Waals surface area contributed by atoms with Gasteiger partial charge in [0.2, 0.25) is 6.29 Å². The van der Waals surface area contributed by atoms with Crippen molar-refractivity contribution in [3.05, 3.63) is 0 Å². The van der Waals surface area contributed by atoms with Gasteiger partial charge in [-0.25, -0.2) is 0 Å². The Morgan fingerprint density at radius 3 is 1.94 bits per heavy atom. The SMILES string of the molecule is CO[C@H]1[C@@H](OC(C)=O)[C@@H](C)O[C@H]([O])[C@@H]1OC(C)=O. The molecule has 0 aromatic rings. The van der Waals surface area contributed by atoms with Crippen LogP contribution in [0.2, 0.25) is 0 Å². The number of hydrogen-bond donors (Lipinski definition) is 0. The second-order valence-electron chi connectivity index (χ2n) is 4.06. The van der Waals surface area contributed by atoms with E-state index in [-0.39, 0.29) is 0 Å². The minimum atomic E-state index is -1.57. The first-order valence-corrected chi connectivity index (χ1v) is 5.55. The Morgan fingerprint density at radius 2 is 1.50 bits per heavy atom. The van der Waals surface area contributed by atoms with Crippen LogP contribution < -0.4 is 0 Å². The quantitative estimate of drug-likeness (QED) is 0.666. The highest BCUT2D eigenvalue weighted by atomic mass is 16.7. The number of esters is 2. The zero-order chi connectivity index (χ0) is 13.9. The molecular weight excluding hydrogens is 244 g/mol. The van der Waals surface area contributed by atoms with Gasteiger partial charge in [-0.2, -0.15) is 5.11 Å². The van der Waals surface area contributed by atoms with E-state index in [4.69, 9.17) is 18.9 Å². The molecule has 1 saturated heterocycles. The molecule has 1 fully saturated rings. The van der Waals surface area contributed by atoms with Crippen molar-refractivity contribution >= 4 is 11.9 Å². The van der Waals surface area contributed by atoms with E-state index in [0.29, 0.717) is 0 Å². The van der Waals surface area contributed by atoms with Crippen LogP contribution in [0.25, 0.3) is 0 Å². The van der Waals surface area contributed by atoms with Gasteiger partial charge in [0.05, 0.1) is 6.10 Å². The average Bonchev–Trinajstić information content (AvgIpc) is 2.24. The summed E-state index contributed by atoms with van der Waals surface area (Å²) >= 11 is 0. The molecule has 0 saturated carbocycles. The molecule has 0 N–H and O–H groups in total. The summed E-state index contributed by atoms with van der Waals surface area (Å²) in [5.74, 6) is -1.15. The summed E-state index contributed by atoms with van der Waals surface area (Å²) in [4.78, 5) is 22.0. The molecule has 1 aliphatic heterocycles. The molecule has 0 aliphatic carbocycles. The van der Waals surface area contributed by atoms with E-state index >= 15 is 0 Å². The van der Waals surface area contributed by atoms with E-state index in [0.717, 1.165) is 0 Å². The number of rotatable bonds is 3. The molecule has 0 unspecified atom stereocenters. The number of hydrogen-bond acceptors (Lipinski definition) is 6. The Labute approximate surface area is 105 Å². The zero-order valence-electron chi connectivity index (χ0n) is 10.7. The van der Waals surface area contributed by atoms with Crippen molar-refractivity contribution in [1.29, 1.82) is 0 Å². The molecule has 18 heavy (non-hydrogen) atoms. The standard InChI is InChI=1S/C11H17O7/c1-5-8(17-6(2)12)9(15-4)10(11(14)16-5)18-7(3)13/h5,8-11H,1-4H3/t5-,8+,9+,10-,11+/m1/s1. The Bertz CT molecular complexity index is 289. The van der Waals surface area contributed by atoms with Gasteiger partial charge in [-0.15, -0.1) is 0 Å². The third-order valence-electron chi connectivity index (χ3n) is 2.60. The van der Waals surface area contributed by atoms with Crippen LogP contribution in [0.5, 0.6) is 0 Å². The van der Waals surface area contributed by atoms with Crippen LogP contribution in [0.1, 0.15) is 20.8 Å². The lowest BCUT2D eigenvalue weighted by Crippen LogP contribution is -2.59. The molecule has 1 radical (unpaired) electrons. The zero-order valence-corrected chi connectivity index (χ0v) is 10.7. The first-order valence-electron chi connectivity index (χ1n) is 5.55. The molecule has 1 heterocycles. The molecule has 103 valence electrons. The summed E-state index contributed by atoms with van der Waals surface area (Å²) in [6.45, 7) is 4.01.